The third kappa shape index (κ3) is 4.16. The summed E-state index contributed by atoms with van der Waals surface area (Å²) in [7, 11) is 0. The summed E-state index contributed by atoms with van der Waals surface area (Å²) in [6.45, 7) is 11.0. The highest BCUT2D eigenvalue weighted by atomic mass is 16.5. The molecule has 1 saturated carbocycles. The van der Waals surface area contributed by atoms with Crippen molar-refractivity contribution in [2.75, 3.05) is 5.32 Å². The molecule has 1 aliphatic carbocycles. The van der Waals surface area contributed by atoms with Gasteiger partial charge in [-0.25, -0.2) is 0 Å². The Balaban J connectivity index is 2.02. The van der Waals surface area contributed by atoms with E-state index in [-0.39, 0.29) is 6.10 Å². The molecule has 2 heteroatoms. The highest BCUT2D eigenvalue weighted by molar-refractivity contribution is 5.54. The molecule has 2 unspecified atom stereocenters. The second-order valence-electron chi connectivity index (χ2n) is 6.90. The lowest BCUT2D eigenvalue weighted by Crippen LogP contribution is -2.30. The molecule has 0 spiro atoms. The molecule has 1 aliphatic rings. The summed E-state index contributed by atoms with van der Waals surface area (Å²) in [6, 6.07) is 6.99. The van der Waals surface area contributed by atoms with Crippen molar-refractivity contribution in [2.24, 2.45) is 11.8 Å². The first kappa shape index (κ1) is 15.2. The molecule has 1 aromatic rings. The van der Waals surface area contributed by atoms with E-state index in [9.17, 15) is 0 Å². The quantitative estimate of drug-likeness (QED) is 0.833. The van der Waals surface area contributed by atoms with E-state index in [1.54, 1.807) is 0 Å². The predicted molar refractivity (Wildman–Crippen MR) is 86.5 cm³/mol. The number of hydrogen-bond donors (Lipinski definition) is 1. The third-order valence-corrected chi connectivity index (χ3v) is 4.11. The molecular weight excluding hydrogens is 246 g/mol. The van der Waals surface area contributed by atoms with Crippen molar-refractivity contribution in [2.45, 2.75) is 66.0 Å². The van der Waals surface area contributed by atoms with Gasteiger partial charge in [-0.15, -0.1) is 0 Å². The highest BCUT2D eigenvalue weighted by Gasteiger charge is 2.23. The summed E-state index contributed by atoms with van der Waals surface area (Å²) in [4.78, 5) is 0. The lowest BCUT2D eigenvalue weighted by atomic mass is 9.80. The van der Waals surface area contributed by atoms with E-state index < -0.39 is 0 Å². The largest absolute Gasteiger partial charge is 0.491 e. The van der Waals surface area contributed by atoms with Crippen molar-refractivity contribution in [1.82, 2.24) is 0 Å². The molecule has 0 saturated heterocycles. The molecule has 2 rings (SSSR count). The number of aryl methyl sites for hydroxylation is 1. The minimum atomic E-state index is 0.230. The van der Waals surface area contributed by atoms with Gasteiger partial charge in [0.15, 0.2) is 0 Å². The van der Waals surface area contributed by atoms with E-state index in [0.717, 1.165) is 17.6 Å². The van der Waals surface area contributed by atoms with Gasteiger partial charge in [-0.2, -0.15) is 0 Å². The van der Waals surface area contributed by atoms with Crippen molar-refractivity contribution in [3.8, 4) is 5.75 Å². The van der Waals surface area contributed by atoms with Crippen LogP contribution in [0.5, 0.6) is 5.75 Å². The Morgan fingerprint density at radius 1 is 1.10 bits per heavy atom. The zero-order chi connectivity index (χ0) is 14.7. The average Bonchev–Trinajstić information content (AvgIpc) is 2.30. The summed E-state index contributed by atoms with van der Waals surface area (Å²) in [5.41, 5.74) is 2.53. The van der Waals surface area contributed by atoms with Crippen LogP contribution in [0.25, 0.3) is 0 Å². The Morgan fingerprint density at radius 3 is 2.30 bits per heavy atom. The number of nitrogens with one attached hydrogen (secondary N) is 1. The molecule has 0 aromatic heterocycles. The summed E-state index contributed by atoms with van der Waals surface area (Å²) in [5, 5.41) is 3.73. The smallest absolute Gasteiger partial charge is 0.120 e. The fourth-order valence-electron chi connectivity index (χ4n) is 3.43. The van der Waals surface area contributed by atoms with Crippen molar-refractivity contribution >= 4 is 5.69 Å². The van der Waals surface area contributed by atoms with Gasteiger partial charge in [-0.05, 0) is 75.6 Å². The number of ether oxygens (including phenoxy) is 1. The van der Waals surface area contributed by atoms with Crippen molar-refractivity contribution in [1.29, 1.82) is 0 Å². The maximum absolute atomic E-state index is 5.75. The zero-order valence-corrected chi connectivity index (χ0v) is 13.6. The van der Waals surface area contributed by atoms with Gasteiger partial charge in [-0.3, -0.25) is 0 Å². The molecule has 112 valence electrons. The average molecular weight is 275 g/mol. The number of hydrogen-bond acceptors (Lipinski definition) is 2. The van der Waals surface area contributed by atoms with E-state index >= 15 is 0 Å². The molecule has 20 heavy (non-hydrogen) atoms. The second kappa shape index (κ2) is 6.51. The van der Waals surface area contributed by atoms with Gasteiger partial charge in [0.25, 0.3) is 0 Å². The van der Waals surface area contributed by atoms with Gasteiger partial charge in [0.2, 0.25) is 0 Å². The van der Waals surface area contributed by atoms with Crippen LogP contribution in [0.1, 0.15) is 52.5 Å². The van der Waals surface area contributed by atoms with Crippen LogP contribution in [0.2, 0.25) is 0 Å². The van der Waals surface area contributed by atoms with Crippen LogP contribution in [0, 0.1) is 18.8 Å². The van der Waals surface area contributed by atoms with E-state index in [1.165, 1.54) is 30.5 Å². The molecule has 1 N–H and O–H groups in total. The van der Waals surface area contributed by atoms with Crippen LogP contribution in [0.15, 0.2) is 18.2 Å². The summed E-state index contributed by atoms with van der Waals surface area (Å²) < 4.78 is 5.75. The zero-order valence-electron chi connectivity index (χ0n) is 13.6. The number of anilines is 1. The van der Waals surface area contributed by atoms with Crippen LogP contribution < -0.4 is 10.1 Å². The lowest BCUT2D eigenvalue weighted by molar-refractivity contribution is 0.242. The maximum atomic E-state index is 5.75. The molecular formula is C18H29NO. The fraction of sp³-hybridized carbons (Fsp3) is 0.667. The standard InChI is InChI=1S/C18H29NO/c1-12(2)20-17-6-7-18(15(5)11-17)19-16-9-13(3)8-14(4)10-16/h6-7,11-14,16,19H,8-10H2,1-5H3. The van der Waals surface area contributed by atoms with Gasteiger partial charge in [0.05, 0.1) is 6.10 Å². The Labute approximate surface area is 123 Å². The van der Waals surface area contributed by atoms with Crippen LogP contribution in [-0.4, -0.2) is 12.1 Å². The minimum absolute atomic E-state index is 0.230. The van der Waals surface area contributed by atoms with Gasteiger partial charge < -0.3 is 10.1 Å². The van der Waals surface area contributed by atoms with Gasteiger partial charge >= 0.3 is 0 Å². The molecule has 0 bridgehead atoms. The second-order valence-corrected chi connectivity index (χ2v) is 6.90. The summed E-state index contributed by atoms with van der Waals surface area (Å²) in [5.74, 6) is 2.63. The van der Waals surface area contributed by atoms with Gasteiger partial charge in [-0.1, -0.05) is 13.8 Å². The van der Waals surface area contributed by atoms with Crippen molar-refractivity contribution in [3.63, 3.8) is 0 Å². The molecule has 0 amide bonds. The van der Waals surface area contributed by atoms with Crippen molar-refractivity contribution in [3.05, 3.63) is 23.8 Å². The molecule has 2 nitrogen and oxygen atoms in total. The SMILES string of the molecule is Cc1cc(OC(C)C)ccc1NC1CC(C)CC(C)C1. The molecule has 0 aliphatic heterocycles. The van der Waals surface area contributed by atoms with Gasteiger partial charge in [0.1, 0.15) is 5.75 Å². The summed E-state index contributed by atoms with van der Waals surface area (Å²) >= 11 is 0. The first-order valence-electron chi connectivity index (χ1n) is 7.98. The van der Waals surface area contributed by atoms with Gasteiger partial charge in [0, 0.05) is 11.7 Å². The minimum Gasteiger partial charge on any atom is -0.491 e. The van der Waals surface area contributed by atoms with Crippen LogP contribution in [-0.2, 0) is 0 Å². The topological polar surface area (TPSA) is 21.3 Å². The molecule has 0 radical (unpaired) electrons. The monoisotopic (exact) mass is 275 g/mol. The summed E-state index contributed by atoms with van der Waals surface area (Å²) in [6.07, 6.45) is 4.17. The predicted octanol–water partition coefficient (Wildman–Crippen LogP) is 5.02. The molecule has 1 fully saturated rings. The van der Waals surface area contributed by atoms with E-state index in [0.29, 0.717) is 6.04 Å². The molecule has 1 aromatic carbocycles. The van der Waals surface area contributed by atoms with Crippen molar-refractivity contribution < 1.29 is 4.74 Å². The molecule has 0 heterocycles. The number of rotatable bonds is 4. The lowest BCUT2D eigenvalue weighted by Gasteiger charge is -2.33. The Morgan fingerprint density at radius 2 is 1.75 bits per heavy atom. The van der Waals surface area contributed by atoms with Crippen LogP contribution in [0.4, 0.5) is 5.69 Å². The molecule has 2 atom stereocenters. The Hall–Kier alpha value is -1.18. The van der Waals surface area contributed by atoms with E-state index in [4.69, 9.17) is 4.74 Å². The van der Waals surface area contributed by atoms with E-state index in [1.807, 2.05) is 0 Å². The Kier molecular flexibility index (Phi) is 4.95. The number of benzene rings is 1. The Bertz CT molecular complexity index is 431. The third-order valence-electron chi connectivity index (χ3n) is 4.11. The van der Waals surface area contributed by atoms with Crippen LogP contribution >= 0.6 is 0 Å². The first-order chi connectivity index (χ1) is 9.44. The fourth-order valence-corrected chi connectivity index (χ4v) is 3.43. The maximum Gasteiger partial charge on any atom is 0.120 e. The van der Waals surface area contributed by atoms with Crippen LogP contribution in [0.3, 0.4) is 0 Å². The normalized spacial score (nSPS) is 26.6. The highest BCUT2D eigenvalue weighted by Crippen LogP contribution is 2.31. The van der Waals surface area contributed by atoms with E-state index in [2.05, 4.69) is 58.1 Å². The first-order valence-corrected chi connectivity index (χ1v) is 7.98.